The van der Waals surface area contributed by atoms with Crippen molar-refractivity contribution in [3.63, 3.8) is 0 Å². The van der Waals surface area contributed by atoms with Crippen LogP contribution in [0, 0.1) is 11.3 Å². The van der Waals surface area contributed by atoms with Crippen LogP contribution in [0.1, 0.15) is 45.1 Å². The van der Waals surface area contributed by atoms with E-state index in [9.17, 15) is 13.2 Å². The highest BCUT2D eigenvalue weighted by Gasteiger charge is 2.30. The number of sulfonamides is 1. The Hall–Kier alpha value is -3.18. The Morgan fingerprint density at radius 2 is 2.00 bits per heavy atom. The topological polar surface area (TPSA) is 147 Å². The van der Waals surface area contributed by atoms with Crippen LogP contribution in [-0.4, -0.2) is 52.8 Å². The van der Waals surface area contributed by atoms with E-state index in [1.54, 1.807) is 10.6 Å². The number of aromatic amines is 1. The quantitative estimate of drug-likeness (QED) is 0.295. The Bertz CT molecular complexity index is 1430. The zero-order chi connectivity index (χ0) is 26.0. The van der Waals surface area contributed by atoms with Crippen molar-refractivity contribution in [2.45, 2.75) is 50.8 Å². The van der Waals surface area contributed by atoms with E-state index >= 15 is 0 Å². The number of hydrogen-bond donors (Lipinski definition) is 3. The summed E-state index contributed by atoms with van der Waals surface area (Å²) in [6.45, 7) is 5.02. The van der Waals surface area contributed by atoms with Gasteiger partial charge in [0.2, 0.25) is 10.0 Å². The largest absolute Gasteiger partial charge is 0.493 e. The van der Waals surface area contributed by atoms with Crippen molar-refractivity contribution in [3.8, 4) is 17.1 Å². The average molecular weight is 515 g/mol. The van der Waals surface area contributed by atoms with E-state index in [2.05, 4.69) is 11.9 Å². The molecule has 3 heterocycles. The van der Waals surface area contributed by atoms with E-state index in [0.717, 1.165) is 18.4 Å². The molecule has 10 nitrogen and oxygen atoms in total. The smallest absolute Gasteiger partial charge is 0.275 e. The molecule has 1 aliphatic heterocycles. The summed E-state index contributed by atoms with van der Waals surface area (Å²) in [4.78, 5) is 20.7. The summed E-state index contributed by atoms with van der Waals surface area (Å²) < 4.78 is 36.1. The number of H-pyrrole nitrogens is 1. The molecule has 11 heteroatoms. The second kappa shape index (κ2) is 10.4. The van der Waals surface area contributed by atoms with Crippen LogP contribution in [0.2, 0.25) is 0 Å². The Labute approximate surface area is 211 Å². The Kier molecular flexibility index (Phi) is 7.51. The number of rotatable bonds is 9. The first kappa shape index (κ1) is 25.9. The maximum atomic E-state index is 13.5. The van der Waals surface area contributed by atoms with Crippen molar-refractivity contribution in [1.29, 1.82) is 5.41 Å². The molecule has 0 spiro atoms. The molecule has 0 atom stereocenters. The molecule has 2 aromatic heterocycles. The summed E-state index contributed by atoms with van der Waals surface area (Å²) in [7, 11) is -1.96. The van der Waals surface area contributed by atoms with Gasteiger partial charge in [-0.2, -0.15) is 4.31 Å². The number of benzene rings is 1. The van der Waals surface area contributed by atoms with Crippen molar-refractivity contribution >= 4 is 26.9 Å². The molecule has 0 unspecified atom stereocenters. The van der Waals surface area contributed by atoms with E-state index in [-0.39, 0.29) is 28.0 Å². The van der Waals surface area contributed by atoms with Gasteiger partial charge in [0.15, 0.2) is 0 Å². The minimum Gasteiger partial charge on any atom is -0.493 e. The van der Waals surface area contributed by atoms with Gasteiger partial charge in [-0.1, -0.05) is 13.3 Å². The summed E-state index contributed by atoms with van der Waals surface area (Å²) in [6, 6.07) is 4.69. The zero-order valence-electron chi connectivity index (χ0n) is 21.0. The maximum absolute atomic E-state index is 13.5. The molecular weight excluding hydrogens is 480 g/mol. The molecule has 1 fully saturated rings. The van der Waals surface area contributed by atoms with Gasteiger partial charge in [-0.3, -0.25) is 10.2 Å². The number of piperidine rings is 1. The third-order valence-corrected chi connectivity index (χ3v) is 8.54. The fourth-order valence-electron chi connectivity index (χ4n) is 4.91. The lowest BCUT2D eigenvalue weighted by Crippen LogP contribution is -2.39. The molecule has 0 saturated carbocycles. The monoisotopic (exact) mass is 514 g/mol. The summed E-state index contributed by atoms with van der Waals surface area (Å²) in [5.74, 6) is 1.07. The molecule has 4 rings (SSSR count). The average Bonchev–Trinajstić information content (AvgIpc) is 3.15. The first-order valence-corrected chi connectivity index (χ1v) is 13.8. The van der Waals surface area contributed by atoms with Crippen LogP contribution < -0.4 is 16.0 Å². The second-order valence-corrected chi connectivity index (χ2v) is 11.2. The minimum atomic E-state index is -3.77. The standard InChI is InChI=1S/C25H34N6O4S/c1-4-6-17-15-30(3)23-22(17)28-24(29-25(23)32)19-14-18(7-8-20(19)35-5-2)36(33,34)31-11-9-16(10-12-31)13-21(26)27/h7-8,14-16H,4-6,9-13H2,1-3H3,(H3,26,27)(H,28,29,32). The minimum absolute atomic E-state index is 0.121. The van der Waals surface area contributed by atoms with Crippen molar-refractivity contribution < 1.29 is 13.2 Å². The first-order chi connectivity index (χ1) is 17.1. The number of nitrogens with one attached hydrogen (secondary N) is 2. The van der Waals surface area contributed by atoms with E-state index in [4.69, 9.17) is 20.9 Å². The van der Waals surface area contributed by atoms with Crippen molar-refractivity contribution in [2.24, 2.45) is 18.7 Å². The fourth-order valence-corrected chi connectivity index (χ4v) is 6.40. The number of nitrogens with zero attached hydrogens (tertiary/aromatic N) is 3. The molecule has 1 saturated heterocycles. The van der Waals surface area contributed by atoms with Gasteiger partial charge in [-0.05, 0) is 55.9 Å². The Morgan fingerprint density at radius 1 is 1.28 bits per heavy atom. The van der Waals surface area contributed by atoms with Gasteiger partial charge in [0.25, 0.3) is 5.56 Å². The normalized spacial score (nSPS) is 15.4. The van der Waals surface area contributed by atoms with Gasteiger partial charge in [0, 0.05) is 32.8 Å². The molecule has 4 N–H and O–H groups in total. The zero-order valence-corrected chi connectivity index (χ0v) is 21.8. The molecule has 0 radical (unpaired) electrons. The van der Waals surface area contributed by atoms with Gasteiger partial charge in [-0.25, -0.2) is 13.4 Å². The number of hydrogen-bond acceptors (Lipinski definition) is 6. The summed E-state index contributed by atoms with van der Waals surface area (Å²) in [5.41, 5.74) is 7.73. The van der Waals surface area contributed by atoms with Gasteiger partial charge in [-0.15, -0.1) is 0 Å². The van der Waals surface area contributed by atoms with Crippen LogP contribution in [-0.2, 0) is 23.5 Å². The second-order valence-electron chi connectivity index (χ2n) is 9.29. The van der Waals surface area contributed by atoms with Crippen molar-refractivity contribution in [2.75, 3.05) is 19.7 Å². The Morgan fingerprint density at radius 3 is 2.64 bits per heavy atom. The SMILES string of the molecule is CCCc1cn(C)c2c(=O)[nH]c(-c3cc(S(=O)(=O)N4CCC(CC(=N)N)CC4)ccc3OCC)nc12. The predicted octanol–water partition coefficient (Wildman–Crippen LogP) is 3.01. The predicted molar refractivity (Wildman–Crippen MR) is 140 cm³/mol. The van der Waals surface area contributed by atoms with Gasteiger partial charge >= 0.3 is 0 Å². The van der Waals surface area contributed by atoms with Crippen LogP contribution in [0.15, 0.2) is 34.1 Å². The Balaban J connectivity index is 1.75. The number of aryl methyl sites for hydroxylation is 2. The van der Waals surface area contributed by atoms with Crippen LogP contribution in [0.3, 0.4) is 0 Å². The maximum Gasteiger partial charge on any atom is 0.275 e. The third kappa shape index (κ3) is 5.03. The van der Waals surface area contributed by atoms with Crippen molar-refractivity contribution in [1.82, 2.24) is 18.8 Å². The highest BCUT2D eigenvalue weighted by atomic mass is 32.2. The third-order valence-electron chi connectivity index (χ3n) is 6.65. The molecule has 1 aromatic carbocycles. The number of ether oxygens (including phenoxy) is 1. The molecule has 194 valence electrons. The highest BCUT2D eigenvalue weighted by molar-refractivity contribution is 7.89. The first-order valence-electron chi connectivity index (χ1n) is 12.3. The number of nitrogens with two attached hydrogens (primary N) is 1. The molecule has 36 heavy (non-hydrogen) atoms. The van der Waals surface area contributed by atoms with Gasteiger partial charge < -0.3 is 20.0 Å². The molecule has 0 aliphatic carbocycles. The molecular formula is C25H34N6O4S. The van der Waals surface area contributed by atoms with E-state index in [1.165, 1.54) is 16.4 Å². The van der Waals surface area contributed by atoms with Crippen LogP contribution in [0.25, 0.3) is 22.4 Å². The van der Waals surface area contributed by atoms with E-state index in [1.807, 2.05) is 20.2 Å². The molecule has 0 bridgehead atoms. The van der Waals surface area contributed by atoms with Crippen molar-refractivity contribution in [3.05, 3.63) is 40.3 Å². The fraction of sp³-hybridized carbons (Fsp3) is 0.480. The summed E-state index contributed by atoms with van der Waals surface area (Å²) >= 11 is 0. The van der Waals surface area contributed by atoms with Crippen LogP contribution in [0.5, 0.6) is 5.75 Å². The molecule has 0 amide bonds. The van der Waals surface area contributed by atoms with Gasteiger partial charge in [0.1, 0.15) is 17.1 Å². The van der Waals surface area contributed by atoms with Crippen LogP contribution in [0.4, 0.5) is 0 Å². The molecule has 1 aliphatic rings. The summed E-state index contributed by atoms with van der Waals surface area (Å²) in [5, 5.41) is 7.50. The van der Waals surface area contributed by atoms with E-state index < -0.39 is 10.0 Å². The number of fused-ring (bicyclic) bond motifs is 1. The van der Waals surface area contributed by atoms with Gasteiger partial charge in [0.05, 0.1) is 28.4 Å². The number of aromatic nitrogens is 3. The summed E-state index contributed by atoms with van der Waals surface area (Å²) in [6.07, 6.45) is 5.40. The number of amidine groups is 1. The van der Waals surface area contributed by atoms with E-state index in [0.29, 0.717) is 61.3 Å². The lowest BCUT2D eigenvalue weighted by Gasteiger charge is -2.31. The van der Waals surface area contributed by atoms with Crippen LogP contribution >= 0.6 is 0 Å². The lowest BCUT2D eigenvalue weighted by molar-refractivity contribution is 0.278. The highest BCUT2D eigenvalue weighted by Crippen LogP contribution is 2.33. The lowest BCUT2D eigenvalue weighted by atomic mass is 9.94. The molecule has 3 aromatic rings.